The first kappa shape index (κ1) is 17.9. The summed E-state index contributed by atoms with van der Waals surface area (Å²) in [6.45, 7) is 4.03. The number of aryl methyl sites for hydroxylation is 2. The molecule has 0 saturated heterocycles. The summed E-state index contributed by atoms with van der Waals surface area (Å²) in [7, 11) is 3.32. The van der Waals surface area contributed by atoms with Gasteiger partial charge >= 0.3 is 0 Å². The van der Waals surface area contributed by atoms with E-state index in [1.807, 2.05) is 65.9 Å². The molecule has 0 amide bonds. The first-order valence-corrected chi connectivity index (χ1v) is 9.01. The van der Waals surface area contributed by atoms with Crippen LogP contribution in [0.3, 0.4) is 0 Å². The average molecular weight is 374 g/mol. The van der Waals surface area contributed by atoms with Gasteiger partial charge in [0.25, 0.3) is 0 Å². The molecule has 4 rings (SSSR count). The average Bonchev–Trinajstić information content (AvgIpc) is 3.07. The molecule has 4 aromatic rings. The Morgan fingerprint density at radius 2 is 1.43 bits per heavy atom. The van der Waals surface area contributed by atoms with Gasteiger partial charge in [-0.3, -0.25) is 4.40 Å². The zero-order chi connectivity index (χ0) is 19.7. The van der Waals surface area contributed by atoms with Gasteiger partial charge in [-0.25, -0.2) is 9.97 Å². The largest absolute Gasteiger partial charge is 0.497 e. The third kappa shape index (κ3) is 3.24. The molecule has 0 fully saturated rings. The number of imidazole rings is 1. The predicted octanol–water partition coefficient (Wildman–Crippen LogP) is 4.77. The third-order valence-corrected chi connectivity index (χ3v) is 4.62. The van der Waals surface area contributed by atoms with Crippen molar-refractivity contribution in [2.45, 2.75) is 13.8 Å². The Labute approximate surface area is 163 Å². The van der Waals surface area contributed by atoms with Crippen molar-refractivity contribution in [3.63, 3.8) is 0 Å². The number of rotatable bonds is 5. The van der Waals surface area contributed by atoms with Crippen LogP contribution >= 0.6 is 0 Å². The zero-order valence-corrected chi connectivity index (χ0v) is 16.4. The highest BCUT2D eigenvalue weighted by Gasteiger charge is 2.17. The number of benzene rings is 2. The topological polar surface area (TPSA) is 60.7 Å². The minimum atomic E-state index is 0.666. The molecule has 0 radical (unpaired) electrons. The van der Waals surface area contributed by atoms with E-state index in [-0.39, 0.29) is 0 Å². The summed E-state index contributed by atoms with van der Waals surface area (Å²) < 4.78 is 12.6. The van der Waals surface area contributed by atoms with Crippen molar-refractivity contribution in [3.8, 4) is 22.8 Å². The second-order valence-electron chi connectivity index (χ2n) is 6.57. The van der Waals surface area contributed by atoms with E-state index in [2.05, 4.69) is 17.2 Å². The van der Waals surface area contributed by atoms with Gasteiger partial charge in [-0.1, -0.05) is 0 Å². The summed E-state index contributed by atoms with van der Waals surface area (Å²) in [5.74, 6) is 3.16. The van der Waals surface area contributed by atoms with Crippen molar-refractivity contribution in [3.05, 3.63) is 66.0 Å². The SMILES string of the molecule is COc1ccc(Nc2c(-c3ccc(OC)cc3)nc3nc(C)cc(C)n23)cc1. The molecule has 2 aromatic heterocycles. The molecule has 0 atom stereocenters. The number of aromatic nitrogens is 3. The highest BCUT2D eigenvalue weighted by Crippen LogP contribution is 2.33. The predicted molar refractivity (Wildman–Crippen MR) is 111 cm³/mol. The summed E-state index contributed by atoms with van der Waals surface area (Å²) in [6.07, 6.45) is 0. The second kappa shape index (κ2) is 7.23. The van der Waals surface area contributed by atoms with Gasteiger partial charge < -0.3 is 14.8 Å². The maximum absolute atomic E-state index is 5.28. The molecule has 0 aliphatic rings. The fourth-order valence-electron chi connectivity index (χ4n) is 3.25. The minimum absolute atomic E-state index is 0.666. The fraction of sp³-hybridized carbons (Fsp3) is 0.182. The standard InChI is InChI=1S/C22H22N4O2/c1-14-13-15(2)26-21(24-17-7-11-19(28-4)12-8-17)20(25-22(26)23-14)16-5-9-18(27-3)10-6-16/h5-13,24H,1-4H3. The Hall–Kier alpha value is -3.54. The van der Waals surface area contributed by atoms with Gasteiger partial charge in [-0.05, 0) is 68.4 Å². The maximum atomic E-state index is 5.28. The van der Waals surface area contributed by atoms with E-state index in [4.69, 9.17) is 14.5 Å². The van der Waals surface area contributed by atoms with Crippen LogP contribution in [0.1, 0.15) is 11.4 Å². The number of nitrogens with zero attached hydrogens (tertiary/aromatic N) is 3. The molecule has 6 heteroatoms. The number of ether oxygens (including phenoxy) is 2. The highest BCUT2D eigenvalue weighted by molar-refractivity contribution is 5.79. The number of methoxy groups -OCH3 is 2. The number of anilines is 2. The lowest BCUT2D eigenvalue weighted by Gasteiger charge is -2.11. The summed E-state index contributed by atoms with van der Waals surface area (Å²) in [6, 6.07) is 17.7. The number of nitrogens with one attached hydrogen (secondary N) is 1. The molecular formula is C22H22N4O2. The van der Waals surface area contributed by atoms with Crippen LogP contribution in [0.5, 0.6) is 11.5 Å². The molecule has 1 N–H and O–H groups in total. The van der Waals surface area contributed by atoms with E-state index in [0.29, 0.717) is 5.78 Å². The number of fused-ring (bicyclic) bond motifs is 1. The first-order valence-electron chi connectivity index (χ1n) is 9.01. The van der Waals surface area contributed by atoms with Gasteiger partial charge in [0.1, 0.15) is 23.0 Å². The van der Waals surface area contributed by atoms with Gasteiger partial charge in [0.2, 0.25) is 5.78 Å². The van der Waals surface area contributed by atoms with Crippen molar-refractivity contribution in [2.75, 3.05) is 19.5 Å². The van der Waals surface area contributed by atoms with Crippen LogP contribution in [-0.2, 0) is 0 Å². The molecule has 142 valence electrons. The lowest BCUT2D eigenvalue weighted by molar-refractivity contribution is 0.415. The van der Waals surface area contributed by atoms with E-state index < -0.39 is 0 Å². The highest BCUT2D eigenvalue weighted by atomic mass is 16.5. The van der Waals surface area contributed by atoms with Crippen LogP contribution < -0.4 is 14.8 Å². The molecule has 6 nitrogen and oxygen atoms in total. The van der Waals surface area contributed by atoms with Crippen LogP contribution in [0.25, 0.3) is 17.0 Å². The van der Waals surface area contributed by atoms with E-state index >= 15 is 0 Å². The first-order chi connectivity index (χ1) is 13.6. The van der Waals surface area contributed by atoms with E-state index in [9.17, 15) is 0 Å². The lowest BCUT2D eigenvalue weighted by atomic mass is 10.1. The summed E-state index contributed by atoms with van der Waals surface area (Å²) in [5, 5.41) is 3.51. The second-order valence-corrected chi connectivity index (χ2v) is 6.57. The molecule has 0 aliphatic carbocycles. The Balaban J connectivity index is 1.87. The van der Waals surface area contributed by atoms with Crippen LogP contribution in [0.15, 0.2) is 54.6 Å². The molecule has 0 unspecified atom stereocenters. The molecular weight excluding hydrogens is 352 g/mol. The lowest BCUT2D eigenvalue weighted by Crippen LogP contribution is -2.01. The Morgan fingerprint density at radius 1 is 0.821 bits per heavy atom. The summed E-state index contributed by atoms with van der Waals surface area (Å²) in [5.41, 5.74) is 4.76. The normalized spacial score (nSPS) is 10.9. The van der Waals surface area contributed by atoms with Gasteiger partial charge in [0.05, 0.1) is 14.2 Å². The van der Waals surface area contributed by atoms with E-state index in [1.165, 1.54) is 0 Å². The van der Waals surface area contributed by atoms with Crippen molar-refractivity contribution < 1.29 is 9.47 Å². The molecule has 28 heavy (non-hydrogen) atoms. The molecule has 2 heterocycles. The Morgan fingerprint density at radius 3 is 2.04 bits per heavy atom. The zero-order valence-electron chi connectivity index (χ0n) is 16.4. The monoisotopic (exact) mass is 374 g/mol. The molecule has 0 saturated carbocycles. The van der Waals surface area contributed by atoms with Crippen LogP contribution in [0.4, 0.5) is 11.5 Å². The molecule has 2 aromatic carbocycles. The van der Waals surface area contributed by atoms with Crippen LogP contribution in [-0.4, -0.2) is 28.6 Å². The number of hydrogen-bond acceptors (Lipinski definition) is 5. The van der Waals surface area contributed by atoms with Gasteiger partial charge in [0, 0.05) is 22.6 Å². The van der Waals surface area contributed by atoms with Gasteiger partial charge in [0.15, 0.2) is 0 Å². The number of hydrogen-bond donors (Lipinski definition) is 1. The van der Waals surface area contributed by atoms with E-state index in [1.54, 1.807) is 14.2 Å². The van der Waals surface area contributed by atoms with Crippen molar-refractivity contribution in [2.24, 2.45) is 0 Å². The van der Waals surface area contributed by atoms with Crippen molar-refractivity contribution in [1.29, 1.82) is 0 Å². The molecule has 0 aliphatic heterocycles. The molecule has 0 spiro atoms. The maximum Gasteiger partial charge on any atom is 0.236 e. The van der Waals surface area contributed by atoms with Gasteiger partial charge in [-0.15, -0.1) is 0 Å². The fourth-order valence-corrected chi connectivity index (χ4v) is 3.25. The Bertz CT molecular complexity index is 1120. The van der Waals surface area contributed by atoms with Crippen molar-refractivity contribution in [1.82, 2.24) is 14.4 Å². The quantitative estimate of drug-likeness (QED) is 0.545. The smallest absolute Gasteiger partial charge is 0.236 e. The third-order valence-electron chi connectivity index (χ3n) is 4.62. The Kier molecular flexibility index (Phi) is 4.61. The minimum Gasteiger partial charge on any atom is -0.497 e. The molecule has 0 bridgehead atoms. The summed E-state index contributed by atoms with van der Waals surface area (Å²) >= 11 is 0. The van der Waals surface area contributed by atoms with Crippen molar-refractivity contribution >= 4 is 17.3 Å². The van der Waals surface area contributed by atoms with Crippen LogP contribution in [0.2, 0.25) is 0 Å². The summed E-state index contributed by atoms with van der Waals surface area (Å²) in [4.78, 5) is 9.43. The van der Waals surface area contributed by atoms with E-state index in [0.717, 1.165) is 45.6 Å². The van der Waals surface area contributed by atoms with Crippen LogP contribution in [0, 0.1) is 13.8 Å². The van der Waals surface area contributed by atoms with Gasteiger partial charge in [-0.2, -0.15) is 0 Å².